The van der Waals surface area contributed by atoms with Crippen molar-refractivity contribution >= 4 is 28.5 Å². The molecule has 1 aliphatic rings. The normalized spacial score (nSPS) is 19.0. The number of amides is 1. The minimum atomic E-state index is 0.134. The molecule has 1 aliphatic heterocycles. The number of nitrogens with one attached hydrogen (secondary N) is 1. The number of nitrogens with zero attached hydrogens (tertiary/aromatic N) is 3. The monoisotopic (exact) mass is 278 g/mol. The van der Waals surface area contributed by atoms with Gasteiger partial charge in [0, 0.05) is 37.5 Å². The summed E-state index contributed by atoms with van der Waals surface area (Å²) in [4.78, 5) is 19.9. The molecule has 3 heterocycles. The Bertz CT molecular complexity index is 610. The first kappa shape index (κ1) is 12.4. The van der Waals surface area contributed by atoms with Crippen molar-refractivity contribution in [2.45, 2.75) is 31.8 Å². The molecule has 5 nitrogen and oxygen atoms in total. The van der Waals surface area contributed by atoms with Crippen LogP contribution in [0, 0.1) is 0 Å². The molecule has 2 aromatic rings. The molecule has 100 valence electrons. The third kappa shape index (κ3) is 2.42. The summed E-state index contributed by atoms with van der Waals surface area (Å²) in [7, 11) is 0. The average molecular weight is 279 g/mol. The van der Waals surface area contributed by atoms with Crippen LogP contribution in [0.1, 0.15) is 18.7 Å². The molecule has 0 spiro atoms. The first-order valence-electron chi connectivity index (χ1n) is 6.42. The van der Waals surface area contributed by atoms with Crippen LogP contribution in [0.2, 0.25) is 0 Å². The molecule has 3 rings (SSSR count). The molecule has 0 bridgehead atoms. The van der Waals surface area contributed by atoms with Crippen molar-refractivity contribution in [3.05, 3.63) is 24.3 Å². The Morgan fingerprint density at radius 3 is 3.16 bits per heavy atom. The van der Waals surface area contributed by atoms with Gasteiger partial charge in [0.25, 0.3) is 0 Å². The lowest BCUT2D eigenvalue weighted by molar-refractivity contribution is -0.119. The van der Waals surface area contributed by atoms with Gasteiger partial charge in [-0.15, -0.1) is 11.6 Å². The van der Waals surface area contributed by atoms with E-state index in [-0.39, 0.29) is 11.9 Å². The van der Waals surface area contributed by atoms with E-state index in [0.717, 1.165) is 36.2 Å². The molecule has 1 N–H and O–H groups in total. The highest BCUT2D eigenvalue weighted by Gasteiger charge is 2.22. The summed E-state index contributed by atoms with van der Waals surface area (Å²) in [5.41, 5.74) is 1.93. The first-order chi connectivity index (χ1) is 9.28. The molecular weight excluding hydrogens is 264 g/mol. The van der Waals surface area contributed by atoms with Crippen LogP contribution >= 0.6 is 11.6 Å². The summed E-state index contributed by atoms with van der Waals surface area (Å²) in [5.74, 6) is 1.63. The highest BCUT2D eigenvalue weighted by atomic mass is 35.5. The Kier molecular flexibility index (Phi) is 3.38. The number of alkyl halides is 1. The van der Waals surface area contributed by atoms with Crippen molar-refractivity contribution < 1.29 is 4.79 Å². The van der Waals surface area contributed by atoms with Crippen LogP contribution in [-0.2, 0) is 17.8 Å². The molecule has 1 saturated heterocycles. The van der Waals surface area contributed by atoms with Crippen LogP contribution in [0.25, 0.3) is 11.0 Å². The third-order valence-electron chi connectivity index (χ3n) is 3.44. The lowest BCUT2D eigenvalue weighted by atomic mass is 10.2. The van der Waals surface area contributed by atoms with Gasteiger partial charge in [-0.3, -0.25) is 9.78 Å². The first-order valence-corrected chi connectivity index (χ1v) is 6.96. The molecular formula is C13H15ClN4O. The fourth-order valence-electron chi connectivity index (χ4n) is 2.55. The van der Waals surface area contributed by atoms with Crippen molar-refractivity contribution in [2.24, 2.45) is 0 Å². The smallest absolute Gasteiger partial charge is 0.220 e. The second-order valence-corrected chi connectivity index (χ2v) is 5.12. The van der Waals surface area contributed by atoms with Crippen molar-refractivity contribution in [3.63, 3.8) is 0 Å². The van der Waals surface area contributed by atoms with Crippen molar-refractivity contribution in [1.29, 1.82) is 0 Å². The van der Waals surface area contributed by atoms with Crippen molar-refractivity contribution in [1.82, 2.24) is 19.9 Å². The topological polar surface area (TPSA) is 59.8 Å². The van der Waals surface area contributed by atoms with E-state index in [0.29, 0.717) is 12.3 Å². The van der Waals surface area contributed by atoms with Gasteiger partial charge in [0.2, 0.25) is 5.91 Å². The number of hydrogen-bond donors (Lipinski definition) is 1. The van der Waals surface area contributed by atoms with Gasteiger partial charge in [0.1, 0.15) is 11.3 Å². The lowest BCUT2D eigenvalue weighted by Crippen LogP contribution is -2.30. The van der Waals surface area contributed by atoms with E-state index < -0.39 is 0 Å². The standard InChI is InChI=1S/C13H15ClN4O/c14-5-3-12-17-10-7-15-6-4-11(10)18(12)8-9-1-2-13(19)16-9/h4,6-7,9H,1-3,5,8H2,(H,16,19). The molecule has 0 radical (unpaired) electrons. The molecule has 2 aromatic heterocycles. The Balaban J connectivity index is 1.95. The van der Waals surface area contributed by atoms with Crippen LogP contribution < -0.4 is 5.32 Å². The number of hydrogen-bond acceptors (Lipinski definition) is 3. The van der Waals surface area contributed by atoms with Gasteiger partial charge in [0.05, 0.1) is 11.7 Å². The molecule has 1 fully saturated rings. The summed E-state index contributed by atoms with van der Waals surface area (Å²) in [6, 6.07) is 2.14. The van der Waals surface area contributed by atoms with Crippen LogP contribution in [0.4, 0.5) is 0 Å². The maximum Gasteiger partial charge on any atom is 0.220 e. The minimum Gasteiger partial charge on any atom is -0.352 e. The summed E-state index contributed by atoms with van der Waals surface area (Å²) < 4.78 is 2.15. The van der Waals surface area contributed by atoms with Gasteiger partial charge in [-0.05, 0) is 12.5 Å². The average Bonchev–Trinajstić information content (AvgIpc) is 2.96. The Morgan fingerprint density at radius 1 is 1.53 bits per heavy atom. The van der Waals surface area contributed by atoms with Crippen LogP contribution in [0.5, 0.6) is 0 Å². The molecule has 0 aromatic carbocycles. The fraction of sp³-hybridized carbons (Fsp3) is 0.462. The quantitative estimate of drug-likeness (QED) is 0.862. The van der Waals surface area contributed by atoms with Crippen molar-refractivity contribution in [3.8, 4) is 0 Å². The van der Waals surface area contributed by atoms with E-state index in [4.69, 9.17) is 11.6 Å². The maximum absolute atomic E-state index is 11.3. The second-order valence-electron chi connectivity index (χ2n) is 4.75. The number of imidazole rings is 1. The van der Waals surface area contributed by atoms with E-state index in [1.807, 2.05) is 6.07 Å². The van der Waals surface area contributed by atoms with Gasteiger partial charge in [-0.1, -0.05) is 0 Å². The number of carbonyl (C=O) groups excluding carboxylic acids is 1. The number of halogens is 1. The molecule has 1 atom stereocenters. The predicted octanol–water partition coefficient (Wildman–Crippen LogP) is 1.49. The molecule has 0 aliphatic carbocycles. The van der Waals surface area contributed by atoms with Crippen LogP contribution in [0.3, 0.4) is 0 Å². The fourth-order valence-corrected chi connectivity index (χ4v) is 2.71. The highest BCUT2D eigenvalue weighted by molar-refractivity contribution is 6.17. The SMILES string of the molecule is O=C1CCC(Cn2c(CCCl)nc3cnccc32)N1. The highest BCUT2D eigenvalue weighted by Crippen LogP contribution is 2.18. The summed E-state index contributed by atoms with van der Waals surface area (Å²) >= 11 is 5.84. The third-order valence-corrected chi connectivity index (χ3v) is 3.62. The Labute approximate surface area is 116 Å². The largest absolute Gasteiger partial charge is 0.352 e. The molecule has 19 heavy (non-hydrogen) atoms. The zero-order valence-electron chi connectivity index (χ0n) is 10.5. The van der Waals surface area contributed by atoms with Crippen LogP contribution in [-0.4, -0.2) is 32.4 Å². The van der Waals surface area contributed by atoms with Crippen molar-refractivity contribution in [2.75, 3.05) is 5.88 Å². The lowest BCUT2D eigenvalue weighted by Gasteiger charge is -2.14. The number of fused-ring (bicyclic) bond motifs is 1. The van der Waals surface area contributed by atoms with E-state index >= 15 is 0 Å². The van der Waals surface area contributed by atoms with Gasteiger partial charge >= 0.3 is 0 Å². The Morgan fingerprint density at radius 2 is 2.42 bits per heavy atom. The van der Waals surface area contributed by atoms with Gasteiger partial charge in [-0.2, -0.15) is 0 Å². The maximum atomic E-state index is 11.3. The number of pyridine rings is 1. The van der Waals surface area contributed by atoms with Gasteiger partial charge in [0.15, 0.2) is 0 Å². The second kappa shape index (κ2) is 5.17. The number of aryl methyl sites for hydroxylation is 1. The van der Waals surface area contributed by atoms with Gasteiger partial charge < -0.3 is 9.88 Å². The van der Waals surface area contributed by atoms with E-state index in [1.165, 1.54) is 0 Å². The van der Waals surface area contributed by atoms with E-state index in [1.54, 1.807) is 12.4 Å². The van der Waals surface area contributed by atoms with Gasteiger partial charge in [-0.25, -0.2) is 4.98 Å². The Hall–Kier alpha value is -1.62. The summed E-state index contributed by atoms with van der Waals surface area (Å²) in [6.07, 6.45) is 5.74. The van der Waals surface area contributed by atoms with E-state index in [9.17, 15) is 4.79 Å². The zero-order chi connectivity index (χ0) is 13.2. The van der Waals surface area contributed by atoms with Crippen LogP contribution in [0.15, 0.2) is 18.5 Å². The van der Waals surface area contributed by atoms with E-state index in [2.05, 4.69) is 19.9 Å². The predicted molar refractivity (Wildman–Crippen MR) is 73.1 cm³/mol. The number of carbonyl (C=O) groups is 1. The number of aromatic nitrogens is 3. The molecule has 1 amide bonds. The minimum absolute atomic E-state index is 0.134. The molecule has 0 saturated carbocycles. The summed E-state index contributed by atoms with van der Waals surface area (Å²) in [5, 5.41) is 2.99. The molecule has 6 heteroatoms. The molecule has 1 unspecified atom stereocenters. The number of rotatable bonds is 4. The zero-order valence-corrected chi connectivity index (χ0v) is 11.2. The summed E-state index contributed by atoms with van der Waals surface area (Å²) in [6.45, 7) is 0.748.